The molecule has 1 aromatic carbocycles. The molecule has 6 heteroatoms. The van der Waals surface area contributed by atoms with Gasteiger partial charge in [-0.3, -0.25) is 9.59 Å². The number of thiophene rings is 1. The summed E-state index contributed by atoms with van der Waals surface area (Å²) in [6, 6.07) is 10.2. The number of hydrogen-bond acceptors (Lipinski definition) is 4. The molecule has 5 nitrogen and oxygen atoms in total. The third kappa shape index (κ3) is 4.60. The van der Waals surface area contributed by atoms with Gasteiger partial charge in [0.05, 0.1) is 0 Å². The summed E-state index contributed by atoms with van der Waals surface area (Å²) in [7, 11) is 0. The van der Waals surface area contributed by atoms with Crippen molar-refractivity contribution in [3.05, 3.63) is 52.2 Å². The summed E-state index contributed by atoms with van der Waals surface area (Å²) in [5.41, 5.74) is 3.12. The van der Waals surface area contributed by atoms with Gasteiger partial charge in [-0.15, -0.1) is 0 Å². The minimum absolute atomic E-state index is 0.106. The summed E-state index contributed by atoms with van der Waals surface area (Å²) in [4.78, 5) is 28.4. The van der Waals surface area contributed by atoms with E-state index in [0.717, 1.165) is 26.2 Å². The maximum absolute atomic E-state index is 12.3. The molecule has 0 unspecified atom stereocenters. The van der Waals surface area contributed by atoms with Crippen LogP contribution in [-0.4, -0.2) is 49.4 Å². The molecular weight excluding hydrogens is 334 g/mol. The van der Waals surface area contributed by atoms with Gasteiger partial charge in [-0.25, -0.2) is 0 Å². The average molecular weight is 357 g/mol. The van der Waals surface area contributed by atoms with Gasteiger partial charge in [0.1, 0.15) is 0 Å². The first-order valence-corrected chi connectivity index (χ1v) is 9.47. The van der Waals surface area contributed by atoms with Gasteiger partial charge in [0.15, 0.2) is 0 Å². The van der Waals surface area contributed by atoms with Gasteiger partial charge in [-0.05, 0) is 36.1 Å². The van der Waals surface area contributed by atoms with Gasteiger partial charge in [0.25, 0.3) is 5.91 Å². The minimum atomic E-state index is -0.113. The molecular formula is C19H23N3O2S. The number of nitrogens with zero attached hydrogens (tertiary/aromatic N) is 2. The van der Waals surface area contributed by atoms with Crippen LogP contribution < -0.4 is 10.2 Å². The van der Waals surface area contributed by atoms with E-state index < -0.39 is 0 Å². The maximum atomic E-state index is 12.3. The molecule has 2 aromatic rings. The molecule has 1 fully saturated rings. The third-order valence-corrected chi connectivity index (χ3v) is 5.09. The largest absolute Gasteiger partial charge is 0.368 e. The molecule has 1 saturated heterocycles. The summed E-state index contributed by atoms with van der Waals surface area (Å²) < 4.78 is 0. The zero-order valence-corrected chi connectivity index (χ0v) is 15.2. The quantitative estimate of drug-likeness (QED) is 0.895. The van der Waals surface area contributed by atoms with Crippen molar-refractivity contribution in [2.75, 3.05) is 37.6 Å². The SMILES string of the molecule is Cc1cccc(N2CCN(C(=O)CCNC(=O)c3ccsc3)CC2)c1. The number of nitrogens with one attached hydrogen (secondary N) is 1. The van der Waals surface area contributed by atoms with Crippen LogP contribution in [0.5, 0.6) is 0 Å². The molecule has 0 saturated carbocycles. The Morgan fingerprint density at radius 3 is 2.64 bits per heavy atom. The van der Waals surface area contributed by atoms with Gasteiger partial charge in [0, 0.05) is 55.8 Å². The molecule has 0 bridgehead atoms. The van der Waals surface area contributed by atoms with Crippen LogP contribution in [0.15, 0.2) is 41.1 Å². The number of rotatable bonds is 5. The summed E-state index contributed by atoms with van der Waals surface area (Å²) >= 11 is 1.49. The molecule has 1 N–H and O–H groups in total. The predicted octanol–water partition coefficient (Wildman–Crippen LogP) is 2.53. The highest BCUT2D eigenvalue weighted by Gasteiger charge is 2.21. The lowest BCUT2D eigenvalue weighted by Crippen LogP contribution is -2.49. The number of aryl methyl sites for hydroxylation is 1. The first kappa shape index (κ1) is 17.5. The fourth-order valence-electron chi connectivity index (χ4n) is 2.98. The Morgan fingerprint density at radius 1 is 1.16 bits per heavy atom. The maximum Gasteiger partial charge on any atom is 0.252 e. The average Bonchev–Trinajstić information content (AvgIpc) is 3.16. The Bertz CT molecular complexity index is 722. The lowest BCUT2D eigenvalue weighted by molar-refractivity contribution is -0.131. The number of carbonyl (C=O) groups is 2. The first-order valence-electron chi connectivity index (χ1n) is 8.53. The molecule has 0 aliphatic carbocycles. The zero-order chi connectivity index (χ0) is 17.6. The van der Waals surface area contributed by atoms with Crippen LogP contribution in [0.2, 0.25) is 0 Å². The smallest absolute Gasteiger partial charge is 0.252 e. The predicted molar refractivity (Wildman–Crippen MR) is 101 cm³/mol. The Morgan fingerprint density at radius 2 is 1.96 bits per heavy atom. The Labute approximate surface area is 152 Å². The summed E-state index contributed by atoms with van der Waals surface area (Å²) in [5, 5.41) is 6.48. The summed E-state index contributed by atoms with van der Waals surface area (Å²) in [5.74, 6) is -0.00664. The minimum Gasteiger partial charge on any atom is -0.368 e. The van der Waals surface area contributed by atoms with Crippen molar-refractivity contribution in [2.24, 2.45) is 0 Å². The topological polar surface area (TPSA) is 52.6 Å². The summed E-state index contributed by atoms with van der Waals surface area (Å²) in [6.45, 7) is 5.61. The molecule has 2 heterocycles. The standard InChI is InChI=1S/C19H23N3O2S/c1-15-3-2-4-17(13-15)21-8-10-22(11-9-21)18(23)5-7-20-19(24)16-6-12-25-14-16/h2-4,6,12-14H,5,7-11H2,1H3,(H,20,24). The van der Waals surface area contributed by atoms with Gasteiger partial charge in [-0.1, -0.05) is 12.1 Å². The fraction of sp³-hybridized carbons (Fsp3) is 0.368. The van der Waals surface area contributed by atoms with Crippen molar-refractivity contribution >= 4 is 28.8 Å². The van der Waals surface area contributed by atoms with Gasteiger partial charge < -0.3 is 15.1 Å². The van der Waals surface area contributed by atoms with Crippen LogP contribution in [0, 0.1) is 6.92 Å². The fourth-order valence-corrected chi connectivity index (χ4v) is 3.61. The van der Waals surface area contributed by atoms with E-state index in [1.807, 2.05) is 15.7 Å². The van der Waals surface area contributed by atoms with E-state index in [1.54, 1.807) is 6.07 Å². The number of anilines is 1. The Hall–Kier alpha value is -2.34. The number of amides is 2. The second kappa shape index (κ2) is 8.16. The van der Waals surface area contributed by atoms with Crippen molar-refractivity contribution in [3.8, 4) is 0 Å². The second-order valence-corrected chi connectivity index (χ2v) is 7.00. The van der Waals surface area contributed by atoms with E-state index in [-0.39, 0.29) is 11.8 Å². The Balaban J connectivity index is 1.41. The van der Waals surface area contributed by atoms with Gasteiger partial charge in [0.2, 0.25) is 5.91 Å². The number of carbonyl (C=O) groups excluding carboxylic acids is 2. The van der Waals surface area contributed by atoms with Crippen LogP contribution in [-0.2, 0) is 4.79 Å². The van der Waals surface area contributed by atoms with E-state index in [1.165, 1.54) is 22.6 Å². The molecule has 0 radical (unpaired) electrons. The van der Waals surface area contributed by atoms with Gasteiger partial charge >= 0.3 is 0 Å². The van der Waals surface area contributed by atoms with Crippen LogP contribution in [0.4, 0.5) is 5.69 Å². The van der Waals surface area contributed by atoms with Crippen molar-refractivity contribution in [2.45, 2.75) is 13.3 Å². The summed E-state index contributed by atoms with van der Waals surface area (Å²) in [6.07, 6.45) is 0.348. The van der Waals surface area contributed by atoms with Crippen LogP contribution in [0.25, 0.3) is 0 Å². The van der Waals surface area contributed by atoms with Crippen LogP contribution in [0.3, 0.4) is 0 Å². The normalized spacial score (nSPS) is 14.4. The van der Waals surface area contributed by atoms with Crippen molar-refractivity contribution in [1.82, 2.24) is 10.2 Å². The van der Waals surface area contributed by atoms with E-state index in [4.69, 9.17) is 0 Å². The molecule has 0 spiro atoms. The molecule has 2 amide bonds. The molecule has 25 heavy (non-hydrogen) atoms. The highest BCUT2D eigenvalue weighted by molar-refractivity contribution is 7.08. The van der Waals surface area contributed by atoms with E-state index in [9.17, 15) is 9.59 Å². The van der Waals surface area contributed by atoms with Crippen molar-refractivity contribution in [1.29, 1.82) is 0 Å². The first-order chi connectivity index (χ1) is 12.1. The highest BCUT2D eigenvalue weighted by Crippen LogP contribution is 2.18. The molecule has 0 atom stereocenters. The molecule has 132 valence electrons. The van der Waals surface area contributed by atoms with Crippen molar-refractivity contribution < 1.29 is 9.59 Å². The molecule has 1 aliphatic rings. The van der Waals surface area contributed by atoms with E-state index in [2.05, 4.69) is 41.4 Å². The van der Waals surface area contributed by atoms with E-state index >= 15 is 0 Å². The van der Waals surface area contributed by atoms with Crippen LogP contribution in [0.1, 0.15) is 22.3 Å². The third-order valence-electron chi connectivity index (χ3n) is 4.41. The molecule has 1 aromatic heterocycles. The zero-order valence-electron chi connectivity index (χ0n) is 14.4. The Kier molecular flexibility index (Phi) is 5.71. The highest BCUT2D eigenvalue weighted by atomic mass is 32.1. The monoisotopic (exact) mass is 357 g/mol. The number of piperazine rings is 1. The molecule has 3 rings (SSSR count). The lowest BCUT2D eigenvalue weighted by Gasteiger charge is -2.36. The van der Waals surface area contributed by atoms with E-state index in [0.29, 0.717) is 18.5 Å². The number of benzene rings is 1. The second-order valence-electron chi connectivity index (χ2n) is 6.22. The van der Waals surface area contributed by atoms with Crippen LogP contribution >= 0.6 is 11.3 Å². The van der Waals surface area contributed by atoms with Gasteiger partial charge in [-0.2, -0.15) is 11.3 Å². The number of hydrogen-bond donors (Lipinski definition) is 1. The lowest BCUT2D eigenvalue weighted by atomic mass is 10.2. The van der Waals surface area contributed by atoms with Crippen molar-refractivity contribution in [3.63, 3.8) is 0 Å². The molecule has 1 aliphatic heterocycles.